The quantitative estimate of drug-likeness (QED) is 0.0169. The summed E-state index contributed by atoms with van der Waals surface area (Å²) in [6, 6.07) is 0. The molecule has 0 fully saturated rings. The number of esters is 4. The number of unbranched alkanes of at least 4 members (excludes halogenated alkanes) is 14. The van der Waals surface area contributed by atoms with Crippen molar-refractivity contribution in [2.45, 2.75) is 290 Å². The molecule has 5 atom stereocenters. The summed E-state index contributed by atoms with van der Waals surface area (Å²) in [5.74, 6) is -2.49. The molecular weight excluding hydrogens is 1400 g/mol. The maximum atomic E-state index is 13.1. The van der Waals surface area contributed by atoms with Gasteiger partial charge in [0.15, 0.2) is 12.2 Å². The van der Waals surface area contributed by atoms with Crippen LogP contribution in [0.3, 0.4) is 0 Å². The summed E-state index contributed by atoms with van der Waals surface area (Å²) in [5, 5.41) is 10.6. The molecule has 0 aromatic heterocycles. The zero-order valence-electron chi connectivity index (χ0n) is 66.4. The van der Waals surface area contributed by atoms with Crippen molar-refractivity contribution in [1.29, 1.82) is 0 Å². The van der Waals surface area contributed by atoms with E-state index in [1.165, 1.54) is 38.5 Å². The molecule has 0 saturated heterocycles. The number of allylic oxidation sites excluding steroid dienone is 33. The van der Waals surface area contributed by atoms with Gasteiger partial charge in [0.2, 0.25) is 0 Å². The third-order valence-corrected chi connectivity index (χ3v) is 17.7. The van der Waals surface area contributed by atoms with Crippen molar-refractivity contribution in [3.05, 3.63) is 207 Å². The van der Waals surface area contributed by atoms with Crippen LogP contribution in [-0.2, 0) is 65.4 Å². The number of carbonyl (C=O) groups is 4. The van der Waals surface area contributed by atoms with Crippen LogP contribution in [0.15, 0.2) is 207 Å². The lowest BCUT2D eigenvalue weighted by Gasteiger charge is -2.21. The first-order valence-electron chi connectivity index (χ1n) is 40.3. The van der Waals surface area contributed by atoms with Gasteiger partial charge < -0.3 is 33.8 Å². The summed E-state index contributed by atoms with van der Waals surface area (Å²) in [6.45, 7) is 4.25. The minimum Gasteiger partial charge on any atom is -0.462 e. The Morgan fingerprint density at radius 3 is 0.880 bits per heavy atom. The molecule has 19 heteroatoms. The maximum Gasteiger partial charge on any atom is 0.472 e. The van der Waals surface area contributed by atoms with Crippen LogP contribution in [0.1, 0.15) is 272 Å². The van der Waals surface area contributed by atoms with E-state index in [1.807, 2.05) is 36.5 Å². The third kappa shape index (κ3) is 77.8. The van der Waals surface area contributed by atoms with Crippen molar-refractivity contribution in [2.75, 3.05) is 39.6 Å². The molecule has 108 heavy (non-hydrogen) atoms. The second kappa shape index (κ2) is 78.8. The number of phosphoric acid groups is 2. The number of rotatable bonds is 73. The van der Waals surface area contributed by atoms with E-state index in [1.54, 1.807) is 6.08 Å². The lowest BCUT2D eigenvalue weighted by molar-refractivity contribution is -0.161. The first-order chi connectivity index (χ1) is 52.7. The standard InChI is InChI=1S/C89H140O17P2/c1-5-9-13-17-21-25-29-33-37-39-41-43-47-50-54-58-62-66-70-74-87(92)100-80-85(106-89(94)76-72-68-64-60-56-52-48-44-42-40-38-34-30-26-22-18-14-10-6-2)82-104-108(97,98)102-78-83(90)77-101-107(95,96)103-81-84(105-88(93)75-71-67-63-59-55-51-46-36-32-28-24-20-16-12-8-4)79-99-86(91)73-69-65-61-57-53-49-45-35-31-27-23-19-15-11-7-3/h9-11,13-15,21-23,25-27,33-38,41-46,50,52-54,56-57,62,65-66,69,83-85,90H,5-8,12,16-20,24,28-32,39-40,47-49,51,55,58-61,63-64,67-68,70-82H2,1-4H3,(H,95,96)(H,97,98)/b13-9-,14-10-,15-11-,25-21-,26-22-,27-23-,37-33-,38-34-,43-41-,44-42-,45-35-,46-36-,54-50-,56-52-,57-53-,66-62-,69-65-. The van der Waals surface area contributed by atoms with E-state index in [0.29, 0.717) is 32.1 Å². The first kappa shape index (κ1) is 102. The third-order valence-electron chi connectivity index (χ3n) is 15.8. The molecule has 5 unspecified atom stereocenters. The number of carbonyl (C=O) groups excluding carboxylic acids is 4. The summed E-state index contributed by atoms with van der Waals surface area (Å²) >= 11 is 0. The highest BCUT2D eigenvalue weighted by atomic mass is 31.2. The zero-order valence-corrected chi connectivity index (χ0v) is 68.2. The highest BCUT2D eigenvalue weighted by Crippen LogP contribution is 2.45. The molecule has 17 nitrogen and oxygen atoms in total. The molecule has 0 radical (unpaired) electrons. The second-order valence-corrected chi connectivity index (χ2v) is 28.8. The van der Waals surface area contributed by atoms with E-state index < -0.39 is 97.5 Å². The van der Waals surface area contributed by atoms with Gasteiger partial charge in [-0.3, -0.25) is 37.3 Å². The highest BCUT2D eigenvalue weighted by Gasteiger charge is 2.30. The van der Waals surface area contributed by atoms with Crippen LogP contribution in [0.2, 0.25) is 0 Å². The van der Waals surface area contributed by atoms with Crippen molar-refractivity contribution in [3.8, 4) is 0 Å². The Morgan fingerprint density at radius 2 is 0.537 bits per heavy atom. The van der Waals surface area contributed by atoms with E-state index in [0.717, 1.165) is 148 Å². The van der Waals surface area contributed by atoms with Gasteiger partial charge in [-0.15, -0.1) is 0 Å². The number of hydrogen-bond acceptors (Lipinski definition) is 15. The maximum absolute atomic E-state index is 13.1. The fourth-order valence-corrected chi connectivity index (χ4v) is 11.3. The molecule has 0 heterocycles. The van der Waals surface area contributed by atoms with Crippen LogP contribution in [0.5, 0.6) is 0 Å². The molecule has 0 aromatic rings. The normalized spacial score (nSPS) is 14.9. The summed E-state index contributed by atoms with van der Waals surface area (Å²) in [4.78, 5) is 73.0. The van der Waals surface area contributed by atoms with E-state index in [-0.39, 0.29) is 25.7 Å². The van der Waals surface area contributed by atoms with Gasteiger partial charge in [0.05, 0.1) is 32.8 Å². The zero-order chi connectivity index (χ0) is 78.9. The van der Waals surface area contributed by atoms with Crippen molar-refractivity contribution in [1.82, 2.24) is 0 Å². The average Bonchev–Trinajstić information content (AvgIpc) is 0.896. The van der Waals surface area contributed by atoms with Gasteiger partial charge in [-0.2, -0.15) is 0 Å². The molecule has 0 bridgehead atoms. The lowest BCUT2D eigenvalue weighted by atomic mass is 10.1. The molecule has 0 rings (SSSR count). The Morgan fingerprint density at radius 1 is 0.278 bits per heavy atom. The van der Waals surface area contributed by atoms with Crippen molar-refractivity contribution < 1.29 is 80.2 Å². The van der Waals surface area contributed by atoms with Crippen molar-refractivity contribution in [3.63, 3.8) is 0 Å². The summed E-state index contributed by atoms with van der Waals surface area (Å²) < 4.78 is 68.4. The molecule has 0 amide bonds. The van der Waals surface area contributed by atoms with E-state index in [4.69, 9.17) is 37.0 Å². The van der Waals surface area contributed by atoms with Gasteiger partial charge in [-0.05, 0) is 161 Å². The summed E-state index contributed by atoms with van der Waals surface area (Å²) in [6.07, 6.45) is 98.5. The molecule has 0 aliphatic rings. The van der Waals surface area contributed by atoms with Gasteiger partial charge in [0, 0.05) is 19.3 Å². The number of aliphatic hydroxyl groups is 1. The number of hydrogen-bond donors (Lipinski definition) is 3. The van der Waals surface area contributed by atoms with Gasteiger partial charge in [-0.25, -0.2) is 9.13 Å². The largest absolute Gasteiger partial charge is 0.472 e. The SMILES string of the molecule is CC/C=C\C/C=C\C/C=C\C/C=C\C/C=C\C/C=C\CCC(=O)OCC(COP(=O)(O)OCC(O)COP(=O)(O)OCC(COC(=O)C/C=C\C/C=C\C/C=C\C/C=C\C/C=C\CC)OC(=O)CCCCCCC/C=C\CCCCCCCC)OC(=O)CCCCC/C=C\C/C=C\C/C=C\C/C=C\C/C=C\CC. The van der Waals surface area contributed by atoms with E-state index >= 15 is 0 Å². The lowest BCUT2D eigenvalue weighted by Crippen LogP contribution is -2.30. The Kier molecular flexibility index (Phi) is 74.1. The first-order valence-corrected chi connectivity index (χ1v) is 43.3. The molecule has 3 N–H and O–H groups in total. The molecule has 0 saturated carbocycles. The Bertz CT molecular complexity index is 2860. The molecular formula is C89H140O17P2. The van der Waals surface area contributed by atoms with Crippen molar-refractivity contribution in [2.24, 2.45) is 0 Å². The Labute approximate surface area is 652 Å². The van der Waals surface area contributed by atoms with E-state index in [2.05, 4.69) is 192 Å². The predicted octanol–water partition coefficient (Wildman–Crippen LogP) is 23.9. The highest BCUT2D eigenvalue weighted by molar-refractivity contribution is 7.47. The van der Waals surface area contributed by atoms with Gasteiger partial charge >= 0.3 is 39.5 Å². The van der Waals surface area contributed by atoms with Crippen molar-refractivity contribution >= 4 is 39.5 Å². The fourth-order valence-electron chi connectivity index (χ4n) is 9.75. The second-order valence-electron chi connectivity index (χ2n) is 25.9. The van der Waals surface area contributed by atoms with Gasteiger partial charge in [0.25, 0.3) is 0 Å². The van der Waals surface area contributed by atoms with Crippen LogP contribution in [0.25, 0.3) is 0 Å². The average molecular weight is 1540 g/mol. The van der Waals surface area contributed by atoms with E-state index in [9.17, 15) is 43.2 Å². The van der Waals surface area contributed by atoms with Crippen LogP contribution in [0, 0.1) is 0 Å². The number of ether oxygens (including phenoxy) is 4. The van der Waals surface area contributed by atoms with Crippen LogP contribution in [0.4, 0.5) is 0 Å². The predicted molar refractivity (Wildman–Crippen MR) is 445 cm³/mol. The molecule has 0 aliphatic carbocycles. The topological polar surface area (TPSA) is 237 Å². The Hall–Kier alpha value is -6.36. The number of aliphatic hydroxyl groups excluding tert-OH is 1. The molecule has 0 spiro atoms. The van der Waals surface area contributed by atoms with Crippen LogP contribution >= 0.6 is 15.6 Å². The molecule has 0 aliphatic heterocycles. The van der Waals surface area contributed by atoms with Crippen LogP contribution in [-0.4, -0.2) is 96.7 Å². The summed E-state index contributed by atoms with van der Waals surface area (Å²) in [7, 11) is -10.0. The number of phosphoric ester groups is 2. The van der Waals surface area contributed by atoms with Gasteiger partial charge in [-0.1, -0.05) is 292 Å². The minimum absolute atomic E-state index is 0.0175. The fraction of sp³-hybridized carbons (Fsp3) is 0.573. The summed E-state index contributed by atoms with van der Waals surface area (Å²) in [5.41, 5.74) is 0. The minimum atomic E-state index is -5.02. The smallest absolute Gasteiger partial charge is 0.462 e. The molecule has 0 aromatic carbocycles. The van der Waals surface area contributed by atoms with Gasteiger partial charge in [0.1, 0.15) is 19.3 Å². The van der Waals surface area contributed by atoms with Crippen LogP contribution < -0.4 is 0 Å². The monoisotopic (exact) mass is 1540 g/mol. The molecule has 608 valence electrons. The Balaban J connectivity index is 5.57.